The Bertz CT molecular complexity index is 1030. The quantitative estimate of drug-likeness (QED) is 0.748. The summed E-state index contributed by atoms with van der Waals surface area (Å²) in [4.78, 5) is 11.4. The summed E-state index contributed by atoms with van der Waals surface area (Å²) >= 11 is 0. The molecular weight excluding hydrogens is 359 g/mol. The molecule has 28 heavy (non-hydrogen) atoms. The summed E-state index contributed by atoms with van der Waals surface area (Å²) in [5.41, 5.74) is 3.99. The topological polar surface area (TPSA) is 59.5 Å². The van der Waals surface area contributed by atoms with Crippen molar-refractivity contribution in [2.75, 3.05) is 18.7 Å². The number of nitrogens with one attached hydrogen (secondary N) is 1. The fourth-order valence-corrected chi connectivity index (χ4v) is 3.57. The highest BCUT2D eigenvalue weighted by Gasteiger charge is 2.19. The molecule has 0 spiro atoms. The Labute approximate surface area is 162 Å². The Morgan fingerprint density at radius 3 is 2.96 bits per heavy atom. The molecule has 0 saturated heterocycles. The first-order valence-corrected chi connectivity index (χ1v) is 9.21. The van der Waals surface area contributed by atoms with Crippen LogP contribution in [0, 0.1) is 5.82 Å². The lowest BCUT2D eigenvalue weighted by molar-refractivity contribution is 0.174. The summed E-state index contributed by atoms with van der Waals surface area (Å²) < 4.78 is 24.1. The highest BCUT2D eigenvalue weighted by atomic mass is 19.1. The van der Waals surface area contributed by atoms with E-state index in [0.29, 0.717) is 12.5 Å². The van der Waals surface area contributed by atoms with Crippen molar-refractivity contribution in [3.05, 3.63) is 71.3 Å². The van der Waals surface area contributed by atoms with Crippen LogP contribution >= 0.6 is 0 Å². The summed E-state index contributed by atoms with van der Waals surface area (Å²) in [5.74, 6) is 1.83. The molecule has 0 saturated carbocycles. The molecule has 7 heteroatoms. The number of hydrogen-bond acceptors (Lipinski definition) is 6. The Hall–Kier alpha value is -3.19. The number of rotatable bonds is 4. The van der Waals surface area contributed by atoms with Crippen molar-refractivity contribution >= 4 is 11.6 Å². The molecule has 0 aliphatic carbocycles. The first-order chi connectivity index (χ1) is 13.7. The van der Waals surface area contributed by atoms with Gasteiger partial charge in [0.15, 0.2) is 11.5 Å². The monoisotopic (exact) mass is 378 g/mol. The van der Waals surface area contributed by atoms with Crippen molar-refractivity contribution in [2.45, 2.75) is 19.5 Å². The van der Waals surface area contributed by atoms with Gasteiger partial charge >= 0.3 is 0 Å². The van der Waals surface area contributed by atoms with E-state index in [1.807, 2.05) is 30.5 Å². The molecule has 3 aromatic rings. The van der Waals surface area contributed by atoms with Crippen LogP contribution in [-0.2, 0) is 19.5 Å². The number of hydrogen-bond donors (Lipinski definition) is 1. The Morgan fingerprint density at radius 2 is 2.04 bits per heavy atom. The van der Waals surface area contributed by atoms with Gasteiger partial charge in [-0.05, 0) is 29.8 Å². The molecule has 5 rings (SSSR count). The van der Waals surface area contributed by atoms with Crippen LogP contribution < -0.4 is 14.8 Å². The third-order valence-corrected chi connectivity index (χ3v) is 4.94. The average Bonchev–Trinajstić information content (AvgIpc) is 3.16. The zero-order valence-corrected chi connectivity index (χ0v) is 15.2. The van der Waals surface area contributed by atoms with Crippen LogP contribution in [0.4, 0.5) is 16.0 Å². The smallest absolute Gasteiger partial charge is 0.231 e. The second-order valence-corrected chi connectivity index (χ2v) is 6.95. The van der Waals surface area contributed by atoms with Crippen molar-refractivity contribution in [1.29, 1.82) is 0 Å². The highest BCUT2D eigenvalue weighted by molar-refractivity contribution is 5.60. The fourth-order valence-electron chi connectivity index (χ4n) is 3.57. The minimum atomic E-state index is -0.197. The minimum absolute atomic E-state index is 0.197. The van der Waals surface area contributed by atoms with E-state index in [0.717, 1.165) is 53.5 Å². The molecule has 1 N–H and O–H groups in total. The number of aromatic nitrogens is 2. The van der Waals surface area contributed by atoms with E-state index in [1.54, 1.807) is 12.1 Å². The number of benzene rings is 2. The molecule has 2 aliphatic rings. The van der Waals surface area contributed by atoms with E-state index in [2.05, 4.69) is 20.2 Å². The van der Waals surface area contributed by atoms with Crippen molar-refractivity contribution in [1.82, 2.24) is 14.9 Å². The maximum Gasteiger partial charge on any atom is 0.231 e. The van der Waals surface area contributed by atoms with E-state index in [9.17, 15) is 4.39 Å². The third-order valence-electron chi connectivity index (χ3n) is 4.94. The maximum atomic E-state index is 13.4. The van der Waals surface area contributed by atoms with Crippen LogP contribution in [-0.4, -0.2) is 28.2 Å². The van der Waals surface area contributed by atoms with Crippen molar-refractivity contribution < 1.29 is 13.9 Å². The molecule has 6 nitrogen and oxygen atoms in total. The number of fused-ring (bicyclic) bond motifs is 2. The van der Waals surface area contributed by atoms with Gasteiger partial charge < -0.3 is 14.8 Å². The Kier molecular flexibility index (Phi) is 4.29. The molecule has 3 heterocycles. The SMILES string of the molecule is Fc1cccc(CN2CCc3nc(Nc4ccc5c(c4)OCO5)ncc3C2)c1. The lowest BCUT2D eigenvalue weighted by atomic mass is 10.1. The summed E-state index contributed by atoms with van der Waals surface area (Å²) in [7, 11) is 0. The molecule has 2 aromatic carbocycles. The van der Waals surface area contributed by atoms with E-state index >= 15 is 0 Å². The molecule has 0 fully saturated rings. The zero-order chi connectivity index (χ0) is 18.9. The molecule has 142 valence electrons. The predicted octanol–water partition coefficient (Wildman–Crippen LogP) is 3.65. The third kappa shape index (κ3) is 3.48. The lowest BCUT2D eigenvalue weighted by Crippen LogP contribution is -2.31. The second-order valence-electron chi connectivity index (χ2n) is 6.95. The number of nitrogens with zero attached hydrogens (tertiary/aromatic N) is 3. The van der Waals surface area contributed by atoms with Crippen LogP contribution in [0.1, 0.15) is 16.8 Å². The normalized spacial score (nSPS) is 15.3. The molecule has 2 aliphatic heterocycles. The molecular formula is C21H19FN4O2. The Morgan fingerprint density at radius 1 is 1.11 bits per heavy atom. The van der Waals surface area contributed by atoms with Crippen LogP contribution in [0.5, 0.6) is 11.5 Å². The summed E-state index contributed by atoms with van der Waals surface area (Å²) in [6, 6.07) is 12.4. The van der Waals surface area contributed by atoms with Gasteiger partial charge in [0.2, 0.25) is 12.7 Å². The van der Waals surface area contributed by atoms with Gasteiger partial charge in [0.1, 0.15) is 5.82 Å². The summed E-state index contributed by atoms with van der Waals surface area (Å²) in [6.07, 6.45) is 2.71. The van der Waals surface area contributed by atoms with Crippen LogP contribution in [0.2, 0.25) is 0 Å². The van der Waals surface area contributed by atoms with Gasteiger partial charge in [0, 0.05) is 49.6 Å². The van der Waals surface area contributed by atoms with Crippen LogP contribution in [0.3, 0.4) is 0 Å². The minimum Gasteiger partial charge on any atom is -0.454 e. The van der Waals surface area contributed by atoms with E-state index < -0.39 is 0 Å². The fraction of sp³-hybridized carbons (Fsp3) is 0.238. The summed E-state index contributed by atoms with van der Waals surface area (Å²) in [5, 5.41) is 3.23. The number of halogens is 1. The molecule has 0 radical (unpaired) electrons. The maximum absolute atomic E-state index is 13.4. The van der Waals surface area contributed by atoms with E-state index in [4.69, 9.17) is 9.47 Å². The predicted molar refractivity (Wildman–Crippen MR) is 102 cm³/mol. The number of anilines is 2. The van der Waals surface area contributed by atoms with Gasteiger partial charge in [-0.2, -0.15) is 0 Å². The molecule has 0 unspecified atom stereocenters. The van der Waals surface area contributed by atoms with E-state index in [1.165, 1.54) is 6.07 Å². The van der Waals surface area contributed by atoms with Gasteiger partial charge in [0.25, 0.3) is 0 Å². The summed E-state index contributed by atoms with van der Waals surface area (Å²) in [6.45, 7) is 2.61. The van der Waals surface area contributed by atoms with Crippen molar-refractivity contribution in [3.63, 3.8) is 0 Å². The lowest BCUT2D eigenvalue weighted by Gasteiger charge is -2.28. The first-order valence-electron chi connectivity index (χ1n) is 9.21. The van der Waals surface area contributed by atoms with Crippen LogP contribution in [0.15, 0.2) is 48.7 Å². The molecule has 0 amide bonds. The Balaban J connectivity index is 1.28. The van der Waals surface area contributed by atoms with Crippen molar-refractivity contribution in [2.24, 2.45) is 0 Å². The van der Waals surface area contributed by atoms with Gasteiger partial charge in [-0.1, -0.05) is 12.1 Å². The standard InChI is InChI=1S/C21H19FN4O2/c22-16-3-1-2-14(8-16)11-26-7-6-18-15(12-26)10-23-21(25-18)24-17-4-5-19-20(9-17)28-13-27-19/h1-5,8-10H,6-7,11-13H2,(H,23,24,25). The van der Waals surface area contributed by atoms with Gasteiger partial charge in [0.05, 0.1) is 5.69 Å². The van der Waals surface area contributed by atoms with Gasteiger partial charge in [-0.3, -0.25) is 4.90 Å². The van der Waals surface area contributed by atoms with Crippen LogP contribution in [0.25, 0.3) is 0 Å². The average molecular weight is 378 g/mol. The molecule has 0 atom stereocenters. The second kappa shape index (κ2) is 7.09. The first kappa shape index (κ1) is 16.9. The zero-order valence-electron chi connectivity index (χ0n) is 15.2. The van der Waals surface area contributed by atoms with Crippen molar-refractivity contribution in [3.8, 4) is 11.5 Å². The van der Waals surface area contributed by atoms with E-state index in [-0.39, 0.29) is 12.6 Å². The largest absolute Gasteiger partial charge is 0.454 e. The molecule has 0 bridgehead atoms. The van der Waals surface area contributed by atoms with Gasteiger partial charge in [-0.25, -0.2) is 14.4 Å². The highest BCUT2D eigenvalue weighted by Crippen LogP contribution is 2.34. The molecule has 1 aromatic heterocycles. The number of ether oxygens (including phenoxy) is 2. The van der Waals surface area contributed by atoms with Gasteiger partial charge in [-0.15, -0.1) is 0 Å².